The molecule has 0 fully saturated rings. The average Bonchev–Trinajstić information content (AvgIpc) is 3.46. The SMILES string of the molecule is CC/C=C\C/C=C\C/C=C\C/C=C\CCCCCCCCCCCCCCCCCCCCCCC(=O)OC(COC(=O)CCCCCCCCCCCCCCCCCCCCCCC/C=C\C/C=C\CCCCCCC)COC(OCC[N+](C)(C)C)C(=O)O. The fraction of sp³-hybridized carbons (Fsp3) is 0.817. The molecular formula is C82H150NO8+. The van der Waals surface area contributed by atoms with Crippen molar-refractivity contribution in [1.82, 2.24) is 0 Å². The lowest BCUT2D eigenvalue weighted by molar-refractivity contribution is -0.870. The zero-order valence-electron chi connectivity index (χ0n) is 60.8. The van der Waals surface area contributed by atoms with Gasteiger partial charge in [0.25, 0.3) is 6.29 Å². The van der Waals surface area contributed by atoms with E-state index in [1.165, 1.54) is 276 Å². The summed E-state index contributed by atoms with van der Waals surface area (Å²) in [6, 6.07) is 0. The van der Waals surface area contributed by atoms with Gasteiger partial charge >= 0.3 is 17.9 Å². The van der Waals surface area contributed by atoms with Crippen LogP contribution in [-0.4, -0.2) is 87.4 Å². The third-order valence-corrected chi connectivity index (χ3v) is 17.4. The Hall–Kier alpha value is -3.27. The Morgan fingerprint density at radius 1 is 0.341 bits per heavy atom. The molecule has 9 heteroatoms. The number of esters is 2. The van der Waals surface area contributed by atoms with Gasteiger partial charge in [0.1, 0.15) is 13.2 Å². The Morgan fingerprint density at radius 3 is 0.934 bits per heavy atom. The molecule has 0 aliphatic rings. The summed E-state index contributed by atoms with van der Waals surface area (Å²) >= 11 is 0. The zero-order chi connectivity index (χ0) is 66.1. The first kappa shape index (κ1) is 87.7. The minimum Gasteiger partial charge on any atom is -0.477 e. The molecule has 0 saturated carbocycles. The minimum absolute atomic E-state index is 0.178. The lowest BCUT2D eigenvalue weighted by atomic mass is 10.0. The molecule has 2 unspecified atom stereocenters. The van der Waals surface area contributed by atoms with Gasteiger partial charge in [-0.1, -0.05) is 350 Å². The van der Waals surface area contributed by atoms with Crippen molar-refractivity contribution in [1.29, 1.82) is 0 Å². The van der Waals surface area contributed by atoms with Gasteiger partial charge in [0, 0.05) is 12.8 Å². The highest BCUT2D eigenvalue weighted by Crippen LogP contribution is 2.19. The molecule has 0 aliphatic carbocycles. The number of carbonyl (C=O) groups excluding carboxylic acids is 2. The van der Waals surface area contributed by atoms with Gasteiger partial charge in [0.2, 0.25) is 0 Å². The maximum atomic E-state index is 13.0. The quantitative estimate of drug-likeness (QED) is 0.0211. The number of allylic oxidation sites excluding steroid dienone is 12. The molecule has 9 nitrogen and oxygen atoms in total. The summed E-state index contributed by atoms with van der Waals surface area (Å²) in [7, 11) is 5.99. The summed E-state index contributed by atoms with van der Waals surface area (Å²) in [5.41, 5.74) is 0. The number of likely N-dealkylation sites (N-methyl/N-ethyl adjacent to an activating group) is 1. The van der Waals surface area contributed by atoms with Crippen LogP contribution in [0.1, 0.15) is 373 Å². The first-order chi connectivity index (χ1) is 44.6. The van der Waals surface area contributed by atoms with Crippen LogP contribution in [0.4, 0.5) is 0 Å². The monoisotopic (exact) mass is 1280 g/mol. The summed E-state index contributed by atoms with van der Waals surface area (Å²) in [6.45, 7) is 4.82. The number of nitrogens with zero attached hydrogens (tertiary/aromatic N) is 1. The van der Waals surface area contributed by atoms with Crippen molar-refractivity contribution in [3.63, 3.8) is 0 Å². The highest BCUT2D eigenvalue weighted by atomic mass is 16.7. The first-order valence-corrected chi connectivity index (χ1v) is 39.1. The first-order valence-electron chi connectivity index (χ1n) is 39.1. The van der Waals surface area contributed by atoms with Crippen LogP contribution in [0.2, 0.25) is 0 Å². The van der Waals surface area contributed by atoms with Crippen LogP contribution >= 0.6 is 0 Å². The molecule has 1 N–H and O–H groups in total. The van der Waals surface area contributed by atoms with E-state index in [0.29, 0.717) is 17.4 Å². The Bertz CT molecular complexity index is 1730. The molecule has 91 heavy (non-hydrogen) atoms. The van der Waals surface area contributed by atoms with Crippen molar-refractivity contribution in [3.8, 4) is 0 Å². The molecule has 0 bridgehead atoms. The van der Waals surface area contributed by atoms with Crippen molar-refractivity contribution in [3.05, 3.63) is 72.9 Å². The topological polar surface area (TPSA) is 108 Å². The van der Waals surface area contributed by atoms with Crippen LogP contribution in [0.15, 0.2) is 72.9 Å². The second kappa shape index (κ2) is 72.6. The van der Waals surface area contributed by atoms with E-state index in [-0.39, 0.29) is 38.2 Å². The molecule has 0 aromatic rings. The van der Waals surface area contributed by atoms with Crippen LogP contribution in [0.25, 0.3) is 0 Å². The number of aliphatic carboxylic acids is 1. The van der Waals surface area contributed by atoms with Crippen molar-refractivity contribution < 1.29 is 42.9 Å². The lowest BCUT2D eigenvalue weighted by Gasteiger charge is -2.25. The Morgan fingerprint density at radius 2 is 0.626 bits per heavy atom. The van der Waals surface area contributed by atoms with Crippen molar-refractivity contribution in [2.75, 3.05) is 47.5 Å². The summed E-state index contributed by atoms with van der Waals surface area (Å²) in [5.74, 6) is -1.98. The number of carboxylic acids is 1. The average molecular weight is 1280 g/mol. The van der Waals surface area contributed by atoms with Gasteiger partial charge in [-0.3, -0.25) is 9.59 Å². The van der Waals surface area contributed by atoms with Gasteiger partial charge in [-0.05, 0) is 83.5 Å². The van der Waals surface area contributed by atoms with E-state index in [2.05, 4.69) is 86.8 Å². The number of hydrogen-bond acceptors (Lipinski definition) is 7. The molecule has 0 spiro atoms. The van der Waals surface area contributed by atoms with Crippen molar-refractivity contribution in [2.24, 2.45) is 0 Å². The highest BCUT2D eigenvalue weighted by Gasteiger charge is 2.25. The maximum absolute atomic E-state index is 13.0. The third-order valence-electron chi connectivity index (χ3n) is 17.4. The van der Waals surface area contributed by atoms with Crippen LogP contribution in [0.5, 0.6) is 0 Å². The molecule has 0 amide bonds. The van der Waals surface area contributed by atoms with Gasteiger partial charge in [-0.15, -0.1) is 0 Å². The number of quaternary nitrogens is 1. The van der Waals surface area contributed by atoms with Gasteiger partial charge < -0.3 is 28.5 Å². The molecular weight excluding hydrogens is 1130 g/mol. The molecule has 0 aromatic heterocycles. The van der Waals surface area contributed by atoms with E-state index in [9.17, 15) is 19.5 Å². The lowest BCUT2D eigenvalue weighted by Crippen LogP contribution is -2.40. The van der Waals surface area contributed by atoms with E-state index in [0.717, 1.165) is 70.6 Å². The minimum atomic E-state index is -1.51. The van der Waals surface area contributed by atoms with Crippen LogP contribution < -0.4 is 0 Å². The Balaban J connectivity index is 4.00. The molecule has 0 aromatic carbocycles. The molecule has 0 aliphatic heterocycles. The van der Waals surface area contributed by atoms with Crippen LogP contribution in [0, 0.1) is 0 Å². The number of carbonyl (C=O) groups is 3. The molecule has 530 valence electrons. The van der Waals surface area contributed by atoms with E-state index >= 15 is 0 Å². The highest BCUT2D eigenvalue weighted by molar-refractivity contribution is 5.71. The summed E-state index contributed by atoms with van der Waals surface area (Å²) in [5, 5.41) is 9.77. The third kappa shape index (κ3) is 74.0. The maximum Gasteiger partial charge on any atom is 0.361 e. The molecule has 0 saturated heterocycles. The standard InChI is InChI=1S/C82H149NO8/c1-6-8-10-12-14-16-18-20-22-24-26-28-30-32-34-36-38-40-42-44-46-48-50-52-54-56-58-60-62-64-66-68-70-72-79(84)89-76-78(77-90-82(81(86)87)88-75-74-83(3,4)5)91-80(85)73-71-69-67-65-63-61-59-57-55-53-51-49-47-45-43-41-39-37-35-33-31-29-27-25-23-21-19-17-15-13-11-9-7-2/h9,11,15,17-18,20-21,23-24,26-27,29,78,82H,6-8,10,12-14,16,19,22,25,28,30-77H2,1-5H3/p+1/b11-9-,17-15-,20-18-,23-21-,26-24-,29-27-. The Kier molecular flexibility index (Phi) is 69.9. The van der Waals surface area contributed by atoms with Crippen molar-refractivity contribution in [2.45, 2.75) is 386 Å². The van der Waals surface area contributed by atoms with Crippen molar-refractivity contribution >= 4 is 17.9 Å². The predicted octanol–water partition coefficient (Wildman–Crippen LogP) is 24.8. The smallest absolute Gasteiger partial charge is 0.361 e. The number of hydrogen-bond donors (Lipinski definition) is 1. The fourth-order valence-electron chi connectivity index (χ4n) is 11.5. The second-order valence-corrected chi connectivity index (χ2v) is 27.6. The molecule has 2 atom stereocenters. The largest absolute Gasteiger partial charge is 0.477 e. The summed E-state index contributed by atoms with van der Waals surface area (Å²) in [4.78, 5) is 37.7. The second-order valence-electron chi connectivity index (χ2n) is 27.6. The number of unbranched alkanes of at least 4 members (excludes halogenated alkanes) is 46. The predicted molar refractivity (Wildman–Crippen MR) is 392 cm³/mol. The van der Waals surface area contributed by atoms with E-state index in [4.69, 9.17) is 18.9 Å². The van der Waals surface area contributed by atoms with E-state index in [1.54, 1.807) is 0 Å². The summed E-state index contributed by atoms with van der Waals surface area (Å²) < 4.78 is 23.1. The molecule has 0 rings (SSSR count). The van der Waals surface area contributed by atoms with E-state index < -0.39 is 18.4 Å². The van der Waals surface area contributed by atoms with Crippen LogP contribution in [0.3, 0.4) is 0 Å². The van der Waals surface area contributed by atoms with Crippen LogP contribution in [-0.2, 0) is 33.3 Å². The van der Waals surface area contributed by atoms with Gasteiger partial charge in [-0.25, -0.2) is 4.79 Å². The Labute approximate surface area is 564 Å². The number of rotatable bonds is 73. The molecule has 0 heterocycles. The normalized spacial score (nSPS) is 13.0. The number of carboxylic acid groups (broad SMARTS) is 1. The number of ether oxygens (including phenoxy) is 4. The fourth-order valence-corrected chi connectivity index (χ4v) is 11.5. The van der Waals surface area contributed by atoms with E-state index in [1.807, 2.05) is 21.1 Å². The zero-order valence-corrected chi connectivity index (χ0v) is 60.8. The molecule has 0 radical (unpaired) electrons. The summed E-state index contributed by atoms with van der Waals surface area (Å²) in [6.07, 6.45) is 94.8. The van der Waals surface area contributed by atoms with Gasteiger partial charge in [0.15, 0.2) is 6.10 Å². The van der Waals surface area contributed by atoms with Gasteiger partial charge in [0.05, 0.1) is 34.4 Å². The van der Waals surface area contributed by atoms with Gasteiger partial charge in [-0.2, -0.15) is 0 Å².